The predicted molar refractivity (Wildman–Crippen MR) is 66.1 cm³/mol. The highest BCUT2D eigenvalue weighted by atomic mass is 32.2. The molecule has 0 aromatic heterocycles. The molecule has 0 radical (unpaired) electrons. The number of carbonyl (C=O) groups is 2. The van der Waals surface area contributed by atoms with E-state index in [2.05, 4.69) is 5.32 Å². The number of ether oxygens (including phenoxy) is 1. The smallest absolute Gasteiger partial charge is 0.303 e. The van der Waals surface area contributed by atoms with Gasteiger partial charge in [-0.15, -0.1) is 0 Å². The number of amides is 1. The van der Waals surface area contributed by atoms with Crippen molar-refractivity contribution in [3.05, 3.63) is 0 Å². The fraction of sp³-hybridized carbons (Fsp3) is 0.818. The third kappa shape index (κ3) is 5.93. The standard InChI is InChI=1S/C11H19NO4S/c1-16-5-4-12-9(13)7-17-8-11(2-3-11)6-10(14)15/h2-8H2,1H3,(H,12,13)(H,14,15). The van der Waals surface area contributed by atoms with Crippen molar-refractivity contribution in [1.82, 2.24) is 5.32 Å². The van der Waals surface area contributed by atoms with Crippen LogP contribution in [0.15, 0.2) is 0 Å². The van der Waals surface area contributed by atoms with E-state index < -0.39 is 5.97 Å². The number of carboxylic acids is 1. The zero-order chi connectivity index (χ0) is 12.7. The molecule has 0 unspecified atom stereocenters. The zero-order valence-corrected chi connectivity index (χ0v) is 10.8. The van der Waals surface area contributed by atoms with E-state index in [0.717, 1.165) is 18.6 Å². The Morgan fingerprint density at radius 3 is 2.71 bits per heavy atom. The predicted octanol–water partition coefficient (Wildman–Crippen LogP) is 0.737. The van der Waals surface area contributed by atoms with Gasteiger partial charge in [0, 0.05) is 13.7 Å². The number of methoxy groups -OCH3 is 1. The normalized spacial score (nSPS) is 16.5. The largest absolute Gasteiger partial charge is 0.481 e. The van der Waals surface area contributed by atoms with Crippen LogP contribution in [0.2, 0.25) is 0 Å². The van der Waals surface area contributed by atoms with Crippen LogP contribution in [0.5, 0.6) is 0 Å². The first kappa shape index (κ1) is 14.3. The van der Waals surface area contributed by atoms with Crippen LogP contribution in [0.4, 0.5) is 0 Å². The number of aliphatic carboxylic acids is 1. The van der Waals surface area contributed by atoms with Crippen molar-refractivity contribution in [2.24, 2.45) is 5.41 Å². The second-order valence-electron chi connectivity index (χ2n) is 4.41. The minimum absolute atomic E-state index is 0.0156. The van der Waals surface area contributed by atoms with Crippen LogP contribution in [0, 0.1) is 5.41 Å². The van der Waals surface area contributed by atoms with Gasteiger partial charge in [0.25, 0.3) is 0 Å². The minimum atomic E-state index is -0.743. The number of nitrogens with one attached hydrogen (secondary N) is 1. The van der Waals surface area contributed by atoms with E-state index in [0.29, 0.717) is 18.9 Å². The summed E-state index contributed by atoms with van der Waals surface area (Å²) in [4.78, 5) is 22.0. The van der Waals surface area contributed by atoms with Gasteiger partial charge in [0.1, 0.15) is 0 Å². The molecule has 1 aliphatic carbocycles. The number of carbonyl (C=O) groups excluding carboxylic acids is 1. The topological polar surface area (TPSA) is 75.6 Å². The lowest BCUT2D eigenvalue weighted by Gasteiger charge is -2.11. The second kappa shape index (κ2) is 6.86. The van der Waals surface area contributed by atoms with Crippen molar-refractivity contribution in [1.29, 1.82) is 0 Å². The first-order chi connectivity index (χ1) is 8.08. The molecule has 0 aliphatic heterocycles. The van der Waals surface area contributed by atoms with Crippen molar-refractivity contribution in [2.75, 3.05) is 31.8 Å². The Kier molecular flexibility index (Phi) is 5.77. The van der Waals surface area contributed by atoms with E-state index in [9.17, 15) is 9.59 Å². The van der Waals surface area contributed by atoms with E-state index in [4.69, 9.17) is 9.84 Å². The Hall–Kier alpha value is -0.750. The highest BCUT2D eigenvalue weighted by molar-refractivity contribution is 7.99. The Bertz CT molecular complexity index is 279. The van der Waals surface area contributed by atoms with Gasteiger partial charge in [-0.25, -0.2) is 0 Å². The Morgan fingerprint density at radius 2 is 2.18 bits per heavy atom. The van der Waals surface area contributed by atoms with Gasteiger partial charge in [-0.05, 0) is 24.0 Å². The Morgan fingerprint density at radius 1 is 1.47 bits per heavy atom. The van der Waals surface area contributed by atoms with E-state index >= 15 is 0 Å². The van der Waals surface area contributed by atoms with E-state index in [1.807, 2.05) is 0 Å². The molecular weight excluding hydrogens is 242 g/mol. The third-order valence-electron chi connectivity index (χ3n) is 2.75. The molecule has 6 heteroatoms. The van der Waals surface area contributed by atoms with E-state index in [1.165, 1.54) is 11.8 Å². The summed E-state index contributed by atoms with van der Waals surface area (Å²) in [6, 6.07) is 0. The van der Waals surface area contributed by atoms with Gasteiger partial charge in [-0.1, -0.05) is 0 Å². The van der Waals surface area contributed by atoms with E-state index in [1.54, 1.807) is 7.11 Å². The SMILES string of the molecule is COCCNC(=O)CSCC1(CC(=O)O)CC1. The van der Waals surface area contributed by atoms with E-state index in [-0.39, 0.29) is 17.7 Å². The molecule has 0 atom stereocenters. The van der Waals surface area contributed by atoms with Crippen molar-refractivity contribution in [3.8, 4) is 0 Å². The molecule has 0 heterocycles. The highest BCUT2D eigenvalue weighted by Crippen LogP contribution is 2.50. The molecule has 5 nitrogen and oxygen atoms in total. The molecule has 0 aromatic carbocycles. The molecule has 1 aliphatic rings. The summed E-state index contributed by atoms with van der Waals surface area (Å²) in [6.07, 6.45) is 2.17. The number of hydrogen-bond acceptors (Lipinski definition) is 4. The molecule has 1 rings (SSSR count). The Balaban J connectivity index is 2.07. The lowest BCUT2D eigenvalue weighted by Crippen LogP contribution is -2.28. The molecule has 0 aromatic rings. The molecule has 1 saturated carbocycles. The van der Waals surface area contributed by atoms with Crippen LogP contribution in [-0.2, 0) is 14.3 Å². The average Bonchev–Trinajstić information content (AvgIpc) is 2.97. The maximum absolute atomic E-state index is 11.3. The maximum Gasteiger partial charge on any atom is 0.303 e. The third-order valence-corrected chi connectivity index (χ3v) is 4.04. The van der Waals surface area contributed by atoms with Crippen LogP contribution in [-0.4, -0.2) is 48.8 Å². The van der Waals surface area contributed by atoms with Crippen molar-refractivity contribution in [3.63, 3.8) is 0 Å². The lowest BCUT2D eigenvalue weighted by molar-refractivity contribution is -0.138. The van der Waals surface area contributed by atoms with Gasteiger partial charge in [-0.3, -0.25) is 9.59 Å². The summed E-state index contributed by atoms with van der Waals surface area (Å²) < 4.78 is 4.82. The van der Waals surface area contributed by atoms with Crippen molar-refractivity contribution in [2.45, 2.75) is 19.3 Å². The summed E-state index contributed by atoms with van der Waals surface area (Å²) in [5, 5.41) is 11.5. The highest BCUT2D eigenvalue weighted by Gasteiger charge is 2.44. The molecule has 0 saturated heterocycles. The molecule has 1 amide bonds. The van der Waals surface area contributed by atoms with Gasteiger partial charge in [0.15, 0.2) is 0 Å². The van der Waals surface area contributed by atoms with Crippen LogP contribution in [0.3, 0.4) is 0 Å². The summed E-state index contributed by atoms with van der Waals surface area (Å²) in [6.45, 7) is 1.04. The van der Waals surface area contributed by atoms with Gasteiger partial charge in [0.05, 0.1) is 18.8 Å². The molecule has 17 heavy (non-hydrogen) atoms. The summed E-state index contributed by atoms with van der Waals surface area (Å²) >= 11 is 1.51. The summed E-state index contributed by atoms with van der Waals surface area (Å²) in [5.41, 5.74) is -0.0384. The lowest BCUT2D eigenvalue weighted by atomic mass is 10.1. The van der Waals surface area contributed by atoms with Gasteiger partial charge < -0.3 is 15.2 Å². The number of thioether (sulfide) groups is 1. The fourth-order valence-corrected chi connectivity index (χ4v) is 2.79. The minimum Gasteiger partial charge on any atom is -0.481 e. The molecule has 98 valence electrons. The quantitative estimate of drug-likeness (QED) is 0.599. The molecule has 0 bridgehead atoms. The van der Waals surface area contributed by atoms with Gasteiger partial charge in [-0.2, -0.15) is 11.8 Å². The summed E-state index contributed by atoms with van der Waals surface area (Å²) in [5.74, 6) is 0.396. The number of carboxylic acid groups (broad SMARTS) is 1. The molecule has 2 N–H and O–H groups in total. The van der Waals surface area contributed by atoms with Gasteiger partial charge >= 0.3 is 5.97 Å². The maximum atomic E-state index is 11.3. The van der Waals surface area contributed by atoms with Crippen LogP contribution in [0.25, 0.3) is 0 Å². The molecule has 1 fully saturated rings. The van der Waals surface area contributed by atoms with Crippen molar-refractivity contribution < 1.29 is 19.4 Å². The zero-order valence-electron chi connectivity index (χ0n) is 10.0. The monoisotopic (exact) mass is 261 g/mol. The van der Waals surface area contributed by atoms with Crippen LogP contribution >= 0.6 is 11.8 Å². The number of hydrogen-bond donors (Lipinski definition) is 2. The molecule has 0 spiro atoms. The average molecular weight is 261 g/mol. The first-order valence-electron chi connectivity index (χ1n) is 5.63. The number of rotatable bonds is 9. The fourth-order valence-electron chi connectivity index (χ4n) is 1.57. The van der Waals surface area contributed by atoms with Crippen LogP contribution < -0.4 is 5.32 Å². The Labute approximate surface area is 105 Å². The van der Waals surface area contributed by atoms with Crippen LogP contribution in [0.1, 0.15) is 19.3 Å². The first-order valence-corrected chi connectivity index (χ1v) is 6.79. The van der Waals surface area contributed by atoms with Gasteiger partial charge in [0.2, 0.25) is 5.91 Å². The summed E-state index contributed by atoms with van der Waals surface area (Å²) in [7, 11) is 1.59. The van der Waals surface area contributed by atoms with Crippen molar-refractivity contribution >= 4 is 23.6 Å². The second-order valence-corrected chi connectivity index (χ2v) is 5.39. The molecular formula is C11H19NO4S.